The van der Waals surface area contributed by atoms with Crippen LogP contribution in [0.2, 0.25) is 4.34 Å². The molecule has 1 aliphatic rings. The first-order chi connectivity index (χ1) is 19.1. The monoisotopic (exact) mass is 597 g/mol. The van der Waals surface area contributed by atoms with Gasteiger partial charge in [-0.2, -0.15) is 0 Å². The van der Waals surface area contributed by atoms with E-state index in [2.05, 4.69) is 16.0 Å². The molecule has 1 unspecified atom stereocenters. The van der Waals surface area contributed by atoms with E-state index in [4.69, 9.17) is 11.6 Å². The zero-order valence-corrected chi connectivity index (χ0v) is 23.4. The topological polar surface area (TPSA) is 140 Å². The maximum Gasteiger partial charge on any atom is 0.333 e. The number of urea groups is 2. The predicted molar refractivity (Wildman–Crippen MR) is 157 cm³/mol. The van der Waals surface area contributed by atoms with Gasteiger partial charge in [0.25, 0.3) is 10.0 Å². The van der Waals surface area contributed by atoms with Gasteiger partial charge in [0.2, 0.25) is 0 Å². The number of amides is 4. The SMILES string of the molecule is Cc1ccccc1CNc1ccc2c(c1)NC(=O)N(c1ccc(NC(=O)NS(=O)(=O)c3ccc(Cl)s3)cc1)C2O. The zero-order valence-electron chi connectivity index (χ0n) is 21.0. The standard InChI is InChI=1S/C27H24ClN5O5S2/c1-16-4-2-3-5-17(16)15-29-19-8-11-21-22(14-19)31-27(36)33(25(21)34)20-9-6-18(7-10-20)30-26(35)32-40(37,38)24-13-12-23(28)39-24/h2-14,25,29,34H,15H2,1H3,(H,31,36)(H2,30,32,35). The van der Waals surface area contributed by atoms with Crippen molar-refractivity contribution in [3.8, 4) is 0 Å². The Morgan fingerprint density at radius 2 is 1.77 bits per heavy atom. The number of nitrogens with zero attached hydrogens (tertiary/aromatic N) is 1. The van der Waals surface area contributed by atoms with Crippen LogP contribution in [0.3, 0.4) is 0 Å². The van der Waals surface area contributed by atoms with Crippen molar-refractivity contribution in [3.63, 3.8) is 0 Å². The first-order valence-corrected chi connectivity index (χ1v) is 14.7. The number of carbonyl (C=O) groups is 2. The van der Waals surface area contributed by atoms with Crippen LogP contribution in [0.25, 0.3) is 0 Å². The third kappa shape index (κ3) is 5.89. The number of carbonyl (C=O) groups excluding carboxylic acids is 2. The minimum absolute atomic E-state index is 0.0948. The van der Waals surface area contributed by atoms with Crippen molar-refractivity contribution in [2.45, 2.75) is 23.9 Å². The first-order valence-electron chi connectivity index (χ1n) is 12.0. The molecule has 4 aromatic rings. The Labute approximate surface area is 239 Å². The normalized spacial score (nSPS) is 14.7. The smallest absolute Gasteiger partial charge is 0.333 e. The quantitative estimate of drug-likeness (QED) is 0.180. The van der Waals surface area contributed by atoms with Crippen LogP contribution in [0.15, 0.2) is 83.1 Å². The number of hydrogen-bond donors (Lipinski definition) is 5. The van der Waals surface area contributed by atoms with Crippen molar-refractivity contribution < 1.29 is 23.1 Å². The predicted octanol–water partition coefficient (Wildman–Crippen LogP) is 5.88. The Hall–Kier alpha value is -4.10. The highest BCUT2D eigenvalue weighted by molar-refractivity contribution is 7.92. The largest absolute Gasteiger partial charge is 0.381 e. The summed E-state index contributed by atoms with van der Waals surface area (Å²) in [5.41, 5.74) is 4.76. The minimum atomic E-state index is -4.08. The fourth-order valence-electron chi connectivity index (χ4n) is 4.17. The average molecular weight is 598 g/mol. The minimum Gasteiger partial charge on any atom is -0.381 e. The summed E-state index contributed by atoms with van der Waals surface area (Å²) in [6.45, 7) is 2.65. The van der Waals surface area contributed by atoms with Crippen LogP contribution in [0.4, 0.5) is 32.3 Å². The Bertz CT molecular complexity index is 1690. The first kappa shape index (κ1) is 27.5. The summed E-state index contributed by atoms with van der Waals surface area (Å²) >= 11 is 6.60. The fraction of sp³-hybridized carbons (Fsp3) is 0.111. The average Bonchev–Trinajstić information content (AvgIpc) is 3.36. The number of anilines is 4. The number of sulfonamides is 1. The summed E-state index contributed by atoms with van der Waals surface area (Å²) in [5.74, 6) is 0. The number of hydrogen-bond acceptors (Lipinski definition) is 7. The van der Waals surface area contributed by atoms with Gasteiger partial charge in [0.15, 0.2) is 6.23 Å². The number of aliphatic hydroxyl groups excluding tert-OH is 1. The second-order valence-electron chi connectivity index (χ2n) is 8.92. The van der Waals surface area contributed by atoms with Gasteiger partial charge in [-0.05, 0) is 66.6 Å². The molecule has 0 saturated heterocycles. The molecule has 1 atom stereocenters. The molecule has 10 nitrogen and oxygen atoms in total. The Balaban J connectivity index is 1.24. The van der Waals surface area contributed by atoms with Crippen molar-refractivity contribution >= 4 is 67.8 Å². The van der Waals surface area contributed by atoms with Crippen LogP contribution in [-0.4, -0.2) is 25.6 Å². The molecule has 0 saturated carbocycles. The van der Waals surface area contributed by atoms with Crippen molar-refractivity contribution in [2.24, 2.45) is 0 Å². The number of benzene rings is 3. The molecule has 40 heavy (non-hydrogen) atoms. The summed E-state index contributed by atoms with van der Waals surface area (Å²) in [6, 6.07) is 20.6. The maximum absolute atomic E-state index is 12.9. The van der Waals surface area contributed by atoms with E-state index in [1.54, 1.807) is 12.1 Å². The fourth-order valence-corrected chi connectivity index (χ4v) is 6.56. The molecular formula is C27H24ClN5O5S2. The van der Waals surface area contributed by atoms with Crippen LogP contribution in [0.5, 0.6) is 0 Å². The van der Waals surface area contributed by atoms with E-state index in [1.807, 2.05) is 42.0 Å². The van der Waals surface area contributed by atoms with Crippen molar-refractivity contribution in [3.05, 3.63) is 99.9 Å². The van der Waals surface area contributed by atoms with E-state index in [0.717, 1.165) is 22.6 Å². The lowest BCUT2D eigenvalue weighted by Crippen LogP contribution is -2.42. The van der Waals surface area contributed by atoms with Gasteiger partial charge in [-0.3, -0.25) is 4.90 Å². The molecule has 0 aliphatic carbocycles. The molecule has 5 rings (SSSR count). The number of nitrogens with one attached hydrogen (secondary N) is 4. The Morgan fingerprint density at radius 3 is 2.48 bits per heavy atom. The molecule has 5 N–H and O–H groups in total. The molecule has 1 aliphatic heterocycles. The third-order valence-corrected chi connectivity index (χ3v) is 9.28. The Kier molecular flexibility index (Phi) is 7.68. The van der Waals surface area contributed by atoms with Gasteiger partial charge in [0, 0.05) is 29.2 Å². The highest BCUT2D eigenvalue weighted by Gasteiger charge is 2.32. The van der Waals surface area contributed by atoms with Gasteiger partial charge < -0.3 is 21.1 Å². The van der Waals surface area contributed by atoms with E-state index < -0.39 is 28.3 Å². The molecule has 4 amide bonds. The van der Waals surface area contributed by atoms with Crippen LogP contribution in [0, 0.1) is 6.92 Å². The summed E-state index contributed by atoms with van der Waals surface area (Å²) < 4.78 is 26.7. The van der Waals surface area contributed by atoms with Gasteiger partial charge in [0.05, 0.1) is 10.0 Å². The molecule has 206 valence electrons. The number of rotatable bonds is 7. The van der Waals surface area contributed by atoms with E-state index in [0.29, 0.717) is 23.5 Å². The molecule has 1 aromatic heterocycles. The molecule has 0 fully saturated rings. The second-order valence-corrected chi connectivity index (χ2v) is 12.5. The van der Waals surface area contributed by atoms with Crippen molar-refractivity contribution in [1.29, 1.82) is 0 Å². The van der Waals surface area contributed by atoms with E-state index >= 15 is 0 Å². The van der Waals surface area contributed by atoms with E-state index in [9.17, 15) is 23.1 Å². The number of aliphatic hydroxyl groups is 1. The number of halogens is 1. The highest BCUT2D eigenvalue weighted by Crippen LogP contribution is 2.36. The molecular weight excluding hydrogens is 574 g/mol. The lowest BCUT2D eigenvalue weighted by atomic mass is 10.1. The van der Waals surface area contributed by atoms with E-state index in [1.165, 1.54) is 46.9 Å². The van der Waals surface area contributed by atoms with Gasteiger partial charge in [0.1, 0.15) is 4.21 Å². The van der Waals surface area contributed by atoms with Crippen molar-refractivity contribution in [2.75, 3.05) is 20.9 Å². The zero-order chi connectivity index (χ0) is 28.4. The van der Waals surface area contributed by atoms with Gasteiger partial charge in [-0.1, -0.05) is 41.9 Å². The van der Waals surface area contributed by atoms with Gasteiger partial charge >= 0.3 is 12.1 Å². The molecule has 0 radical (unpaired) electrons. The lowest BCUT2D eigenvalue weighted by molar-refractivity contribution is 0.170. The van der Waals surface area contributed by atoms with E-state index in [-0.39, 0.29) is 14.2 Å². The summed E-state index contributed by atoms with van der Waals surface area (Å²) in [4.78, 5) is 26.4. The van der Waals surface area contributed by atoms with Crippen LogP contribution in [0.1, 0.15) is 22.9 Å². The van der Waals surface area contributed by atoms with Crippen LogP contribution < -0.4 is 25.6 Å². The number of thiophene rings is 1. The number of aryl methyl sites for hydroxylation is 1. The number of fused-ring (bicyclic) bond motifs is 1. The summed E-state index contributed by atoms with van der Waals surface area (Å²) in [7, 11) is -4.08. The second kappa shape index (κ2) is 11.2. The molecule has 2 heterocycles. The molecule has 3 aromatic carbocycles. The van der Waals surface area contributed by atoms with Crippen LogP contribution >= 0.6 is 22.9 Å². The maximum atomic E-state index is 12.9. The third-order valence-electron chi connectivity index (χ3n) is 6.22. The van der Waals surface area contributed by atoms with Crippen molar-refractivity contribution in [1.82, 2.24) is 4.72 Å². The molecule has 0 spiro atoms. The molecule has 0 bridgehead atoms. The molecule has 13 heteroatoms. The van der Waals surface area contributed by atoms with Gasteiger partial charge in [-0.25, -0.2) is 22.7 Å². The summed E-state index contributed by atoms with van der Waals surface area (Å²) in [6.07, 6.45) is -1.25. The highest BCUT2D eigenvalue weighted by atomic mass is 35.5. The summed E-state index contributed by atoms with van der Waals surface area (Å²) in [5, 5.41) is 19.6. The van der Waals surface area contributed by atoms with Gasteiger partial charge in [-0.15, -0.1) is 11.3 Å². The van der Waals surface area contributed by atoms with Crippen LogP contribution in [-0.2, 0) is 16.6 Å². The Morgan fingerprint density at radius 1 is 1.05 bits per heavy atom. The lowest BCUT2D eigenvalue weighted by Gasteiger charge is -2.34.